The van der Waals surface area contributed by atoms with Crippen molar-refractivity contribution in [2.45, 2.75) is 11.7 Å². The molecule has 23 heavy (non-hydrogen) atoms. The molecule has 1 aromatic heterocycles. The van der Waals surface area contributed by atoms with Crippen LogP contribution in [-0.4, -0.2) is 36.8 Å². The van der Waals surface area contributed by atoms with Gasteiger partial charge in [-0.15, -0.1) is 11.3 Å². The van der Waals surface area contributed by atoms with E-state index in [9.17, 15) is 9.18 Å². The van der Waals surface area contributed by atoms with Crippen LogP contribution in [0.25, 0.3) is 0 Å². The van der Waals surface area contributed by atoms with E-state index in [1.54, 1.807) is 17.4 Å². The van der Waals surface area contributed by atoms with Crippen molar-refractivity contribution in [3.63, 3.8) is 0 Å². The third kappa shape index (κ3) is 3.70. The van der Waals surface area contributed by atoms with Gasteiger partial charge in [-0.3, -0.25) is 4.79 Å². The molecule has 1 aliphatic rings. The maximum absolute atomic E-state index is 13.8. The first kappa shape index (κ1) is 16.3. The lowest BCUT2D eigenvalue weighted by atomic mass is 10.1. The number of carbonyl (C=O) groups excluding carboxylic acids is 1. The summed E-state index contributed by atoms with van der Waals surface area (Å²) in [5, 5.41) is 2.53. The minimum Gasteiger partial charge on any atom is -0.494 e. The number of halogens is 1. The molecule has 0 aliphatic carbocycles. The molecule has 1 saturated heterocycles. The Morgan fingerprint density at radius 2 is 2.22 bits per heavy atom. The standard InChI is InChI=1S/C17H18FNO2S2/c1-21-14-5-4-12(11-13(14)18)17(20)19-7-6-16(23-10-8-19)15-3-2-9-22-15/h2-5,9,11,16H,6-8,10H2,1H3/t16-/m1/s1. The smallest absolute Gasteiger partial charge is 0.253 e. The van der Waals surface area contributed by atoms with E-state index in [-0.39, 0.29) is 11.7 Å². The van der Waals surface area contributed by atoms with Crippen molar-refractivity contribution in [2.75, 3.05) is 26.0 Å². The predicted octanol–water partition coefficient (Wildman–Crippen LogP) is 4.22. The highest BCUT2D eigenvalue weighted by Crippen LogP contribution is 2.37. The normalized spacial score (nSPS) is 18.5. The molecule has 6 heteroatoms. The van der Waals surface area contributed by atoms with Crippen LogP contribution in [-0.2, 0) is 0 Å². The van der Waals surface area contributed by atoms with Gasteiger partial charge in [0.25, 0.3) is 5.91 Å². The molecular formula is C17H18FNO2S2. The highest BCUT2D eigenvalue weighted by molar-refractivity contribution is 7.99. The van der Waals surface area contributed by atoms with Gasteiger partial charge in [0.1, 0.15) is 0 Å². The average molecular weight is 351 g/mol. The van der Waals surface area contributed by atoms with Gasteiger partial charge in [-0.2, -0.15) is 11.8 Å². The van der Waals surface area contributed by atoms with Gasteiger partial charge < -0.3 is 9.64 Å². The van der Waals surface area contributed by atoms with Crippen LogP contribution in [0.1, 0.15) is 26.9 Å². The fourth-order valence-corrected chi connectivity index (χ4v) is 4.89. The zero-order chi connectivity index (χ0) is 16.2. The van der Waals surface area contributed by atoms with Crippen LogP contribution >= 0.6 is 23.1 Å². The van der Waals surface area contributed by atoms with Gasteiger partial charge >= 0.3 is 0 Å². The Morgan fingerprint density at radius 3 is 2.91 bits per heavy atom. The predicted molar refractivity (Wildman–Crippen MR) is 93.0 cm³/mol. The zero-order valence-electron chi connectivity index (χ0n) is 12.8. The van der Waals surface area contributed by atoms with Gasteiger partial charge in [0.2, 0.25) is 0 Å². The highest BCUT2D eigenvalue weighted by Gasteiger charge is 2.23. The lowest BCUT2D eigenvalue weighted by Gasteiger charge is -2.20. The van der Waals surface area contributed by atoms with Crippen LogP contribution in [0, 0.1) is 5.82 Å². The number of methoxy groups -OCH3 is 1. The Kier molecular flexibility index (Phi) is 5.23. The number of hydrogen-bond donors (Lipinski definition) is 0. The molecule has 3 rings (SSSR count). The van der Waals surface area contributed by atoms with Crippen LogP contribution in [0.2, 0.25) is 0 Å². The maximum atomic E-state index is 13.8. The first-order valence-electron chi connectivity index (χ1n) is 7.47. The van der Waals surface area contributed by atoms with Crippen LogP contribution in [0.3, 0.4) is 0 Å². The van der Waals surface area contributed by atoms with Crippen molar-refractivity contribution in [1.29, 1.82) is 0 Å². The number of rotatable bonds is 3. The molecule has 2 heterocycles. The van der Waals surface area contributed by atoms with Crippen LogP contribution in [0.4, 0.5) is 4.39 Å². The number of hydrogen-bond acceptors (Lipinski definition) is 4. The number of benzene rings is 1. The molecule has 0 radical (unpaired) electrons. The molecule has 1 aromatic carbocycles. The monoisotopic (exact) mass is 351 g/mol. The summed E-state index contributed by atoms with van der Waals surface area (Å²) in [6, 6.07) is 8.60. The summed E-state index contributed by atoms with van der Waals surface area (Å²) < 4.78 is 18.7. The lowest BCUT2D eigenvalue weighted by molar-refractivity contribution is 0.0766. The summed E-state index contributed by atoms with van der Waals surface area (Å²) in [5.41, 5.74) is 0.378. The Hall–Kier alpha value is -1.53. The summed E-state index contributed by atoms with van der Waals surface area (Å²) in [4.78, 5) is 15.8. The van der Waals surface area contributed by atoms with E-state index in [1.807, 2.05) is 16.7 Å². The van der Waals surface area contributed by atoms with Gasteiger partial charge in [-0.1, -0.05) is 6.07 Å². The van der Waals surface area contributed by atoms with Gasteiger partial charge in [0, 0.05) is 34.5 Å². The average Bonchev–Trinajstić information content (AvgIpc) is 2.99. The largest absolute Gasteiger partial charge is 0.494 e. The first-order valence-corrected chi connectivity index (χ1v) is 9.39. The van der Waals surface area contributed by atoms with Gasteiger partial charge in [0.15, 0.2) is 11.6 Å². The first-order chi connectivity index (χ1) is 11.2. The second-order valence-electron chi connectivity index (χ2n) is 5.31. The van der Waals surface area contributed by atoms with Crippen LogP contribution in [0.5, 0.6) is 5.75 Å². The molecule has 0 unspecified atom stereocenters. The molecule has 1 amide bonds. The Balaban J connectivity index is 1.69. The molecule has 122 valence electrons. The number of thiophene rings is 1. The zero-order valence-corrected chi connectivity index (χ0v) is 14.5. The van der Waals surface area contributed by atoms with Crippen LogP contribution in [0.15, 0.2) is 35.7 Å². The van der Waals surface area contributed by atoms with Crippen molar-refractivity contribution in [3.8, 4) is 5.75 Å². The molecule has 0 spiro atoms. The summed E-state index contributed by atoms with van der Waals surface area (Å²) in [5.74, 6) is 0.441. The number of ether oxygens (including phenoxy) is 1. The van der Waals surface area contributed by atoms with Gasteiger partial charge in [0.05, 0.1) is 7.11 Å². The molecule has 0 bridgehead atoms. The van der Waals surface area contributed by atoms with E-state index in [4.69, 9.17) is 4.74 Å². The van der Waals surface area contributed by atoms with Crippen molar-refractivity contribution < 1.29 is 13.9 Å². The summed E-state index contributed by atoms with van der Waals surface area (Å²) >= 11 is 3.65. The second-order valence-corrected chi connectivity index (χ2v) is 7.59. The number of amides is 1. The van der Waals surface area contributed by atoms with E-state index in [1.165, 1.54) is 24.1 Å². The molecular weight excluding hydrogens is 333 g/mol. The van der Waals surface area contributed by atoms with E-state index < -0.39 is 5.82 Å². The van der Waals surface area contributed by atoms with Gasteiger partial charge in [-0.05, 0) is 36.1 Å². The Labute approximate surface area is 143 Å². The highest BCUT2D eigenvalue weighted by atomic mass is 32.2. The van der Waals surface area contributed by atoms with Crippen molar-refractivity contribution in [3.05, 3.63) is 52.0 Å². The summed E-state index contributed by atoms with van der Waals surface area (Å²) in [7, 11) is 1.41. The van der Waals surface area contributed by atoms with E-state index in [0.29, 0.717) is 23.9 Å². The fraction of sp³-hybridized carbons (Fsp3) is 0.353. The SMILES string of the molecule is COc1ccc(C(=O)N2CCS[C@@H](c3cccs3)CC2)cc1F. The Morgan fingerprint density at radius 1 is 1.35 bits per heavy atom. The topological polar surface area (TPSA) is 29.5 Å². The molecule has 1 atom stereocenters. The van der Waals surface area contributed by atoms with Crippen molar-refractivity contribution >= 4 is 29.0 Å². The van der Waals surface area contributed by atoms with Crippen LogP contribution < -0.4 is 4.74 Å². The lowest BCUT2D eigenvalue weighted by Crippen LogP contribution is -2.33. The van der Waals surface area contributed by atoms with E-state index >= 15 is 0 Å². The molecule has 0 N–H and O–H groups in total. The third-order valence-electron chi connectivity index (χ3n) is 3.89. The molecule has 0 saturated carbocycles. The van der Waals surface area contributed by atoms with Gasteiger partial charge in [-0.25, -0.2) is 4.39 Å². The number of nitrogens with zero attached hydrogens (tertiary/aromatic N) is 1. The minimum atomic E-state index is -0.501. The fourth-order valence-electron chi connectivity index (χ4n) is 2.66. The van der Waals surface area contributed by atoms with Crippen molar-refractivity contribution in [2.24, 2.45) is 0 Å². The van der Waals surface area contributed by atoms with Crippen molar-refractivity contribution in [1.82, 2.24) is 4.90 Å². The molecule has 2 aromatic rings. The molecule has 1 aliphatic heterocycles. The number of carbonyl (C=O) groups is 1. The third-order valence-corrected chi connectivity index (χ3v) is 6.33. The molecule has 3 nitrogen and oxygen atoms in total. The summed E-state index contributed by atoms with van der Waals surface area (Å²) in [6.45, 7) is 1.39. The van der Waals surface area contributed by atoms with E-state index in [2.05, 4.69) is 17.5 Å². The second kappa shape index (κ2) is 7.36. The maximum Gasteiger partial charge on any atom is 0.253 e. The van der Waals surface area contributed by atoms with E-state index in [0.717, 1.165) is 12.2 Å². The summed E-state index contributed by atoms with van der Waals surface area (Å²) in [6.07, 6.45) is 0.926. The number of thioether (sulfide) groups is 1. The molecule has 1 fully saturated rings. The minimum absolute atomic E-state index is 0.112. The Bertz CT molecular complexity index is 675. The quantitative estimate of drug-likeness (QED) is 0.829.